The maximum absolute atomic E-state index is 13.1. The summed E-state index contributed by atoms with van der Waals surface area (Å²) in [5, 5.41) is 2.88. The van der Waals surface area contributed by atoms with Crippen LogP contribution in [0, 0.1) is 18.6 Å². The molecule has 0 amide bonds. The van der Waals surface area contributed by atoms with Gasteiger partial charge in [-0.1, -0.05) is 6.08 Å². The Morgan fingerprint density at radius 1 is 1.33 bits per heavy atom. The minimum atomic E-state index is -0.629. The smallest absolute Gasteiger partial charge is 0.207 e. The Hall–Kier alpha value is -2.17. The van der Waals surface area contributed by atoms with Crippen molar-refractivity contribution >= 4 is 11.6 Å². The lowest BCUT2D eigenvalue weighted by atomic mass is 10.3. The Balaban J connectivity index is 2.30. The fourth-order valence-electron chi connectivity index (χ4n) is 1.68. The molecule has 0 aliphatic rings. The molecule has 0 atom stereocenters. The highest BCUT2D eigenvalue weighted by atomic mass is 19.1. The van der Waals surface area contributed by atoms with Crippen molar-refractivity contribution in [2.24, 2.45) is 0 Å². The van der Waals surface area contributed by atoms with Gasteiger partial charge in [0.25, 0.3) is 0 Å². The van der Waals surface area contributed by atoms with Crippen molar-refractivity contribution in [1.82, 2.24) is 9.55 Å². The second kappa shape index (κ2) is 5.00. The van der Waals surface area contributed by atoms with E-state index in [0.29, 0.717) is 18.2 Å². The topological polar surface area (TPSA) is 29.9 Å². The van der Waals surface area contributed by atoms with E-state index in [-0.39, 0.29) is 0 Å². The average Bonchev–Trinajstić information content (AvgIpc) is 2.58. The predicted molar refractivity (Wildman–Crippen MR) is 66.8 cm³/mol. The van der Waals surface area contributed by atoms with E-state index >= 15 is 0 Å². The molecule has 0 radical (unpaired) electrons. The lowest BCUT2D eigenvalue weighted by Crippen LogP contribution is -2.02. The summed E-state index contributed by atoms with van der Waals surface area (Å²) in [6.45, 7) is 6.06. The molecule has 2 aromatic rings. The first-order chi connectivity index (χ1) is 8.58. The molecule has 0 aliphatic heterocycles. The molecule has 0 unspecified atom stereocenters. The number of allylic oxidation sites excluding steroid dienone is 1. The Bertz CT molecular complexity index is 555. The summed E-state index contributed by atoms with van der Waals surface area (Å²) in [6, 6.07) is 3.25. The number of imidazole rings is 1. The quantitative estimate of drug-likeness (QED) is 0.842. The van der Waals surface area contributed by atoms with Crippen LogP contribution in [-0.2, 0) is 6.54 Å². The summed E-state index contributed by atoms with van der Waals surface area (Å²) in [5.74, 6) is -0.732. The summed E-state index contributed by atoms with van der Waals surface area (Å²) in [5.41, 5.74) is 1.14. The highest BCUT2D eigenvalue weighted by Crippen LogP contribution is 2.18. The van der Waals surface area contributed by atoms with Crippen LogP contribution in [0.25, 0.3) is 0 Å². The molecule has 1 N–H and O–H groups in total. The monoisotopic (exact) mass is 249 g/mol. The van der Waals surface area contributed by atoms with Crippen LogP contribution in [0.3, 0.4) is 0 Å². The molecule has 2 rings (SSSR count). The van der Waals surface area contributed by atoms with Gasteiger partial charge in [0.2, 0.25) is 5.95 Å². The van der Waals surface area contributed by atoms with Gasteiger partial charge in [0, 0.05) is 24.5 Å². The Kier molecular flexibility index (Phi) is 3.41. The number of hydrogen-bond acceptors (Lipinski definition) is 2. The van der Waals surface area contributed by atoms with E-state index in [9.17, 15) is 8.78 Å². The molecular weight excluding hydrogens is 236 g/mol. The second-order valence-electron chi connectivity index (χ2n) is 3.93. The van der Waals surface area contributed by atoms with Crippen molar-refractivity contribution in [3.63, 3.8) is 0 Å². The third-order valence-electron chi connectivity index (χ3n) is 2.34. The van der Waals surface area contributed by atoms with E-state index in [1.807, 2.05) is 17.7 Å². The molecule has 1 heterocycles. The standard InChI is InChI=1S/C13H13F2N3/c1-3-4-18-8-9(2)16-13(18)17-12-6-10(14)5-11(15)7-12/h3,5-8H,1,4H2,2H3,(H,16,17). The summed E-state index contributed by atoms with van der Waals surface area (Å²) in [4.78, 5) is 4.24. The molecule has 0 aliphatic carbocycles. The number of aromatic nitrogens is 2. The van der Waals surface area contributed by atoms with Crippen LogP contribution < -0.4 is 5.32 Å². The predicted octanol–water partition coefficient (Wildman–Crippen LogP) is 3.40. The first-order valence-electron chi connectivity index (χ1n) is 5.46. The van der Waals surface area contributed by atoms with Gasteiger partial charge in [-0.3, -0.25) is 0 Å². The highest BCUT2D eigenvalue weighted by molar-refractivity contribution is 5.54. The maximum Gasteiger partial charge on any atom is 0.207 e. The minimum absolute atomic E-state index is 0.323. The summed E-state index contributed by atoms with van der Waals surface area (Å²) < 4.78 is 27.9. The van der Waals surface area contributed by atoms with Gasteiger partial charge in [-0.15, -0.1) is 6.58 Å². The first kappa shape index (κ1) is 12.3. The molecule has 0 fully saturated rings. The fraction of sp³-hybridized carbons (Fsp3) is 0.154. The maximum atomic E-state index is 13.1. The molecule has 3 nitrogen and oxygen atoms in total. The SMILES string of the molecule is C=CCn1cc(C)nc1Nc1cc(F)cc(F)c1. The number of rotatable bonds is 4. The lowest BCUT2D eigenvalue weighted by Gasteiger charge is -2.08. The molecule has 5 heteroatoms. The fourth-order valence-corrected chi connectivity index (χ4v) is 1.68. The molecule has 0 bridgehead atoms. The minimum Gasteiger partial charge on any atom is -0.325 e. The third-order valence-corrected chi connectivity index (χ3v) is 2.34. The van der Waals surface area contributed by atoms with E-state index in [2.05, 4.69) is 16.9 Å². The van der Waals surface area contributed by atoms with Crippen LogP contribution >= 0.6 is 0 Å². The normalized spacial score (nSPS) is 10.4. The van der Waals surface area contributed by atoms with Crippen LogP contribution in [-0.4, -0.2) is 9.55 Å². The van der Waals surface area contributed by atoms with E-state index in [1.165, 1.54) is 12.1 Å². The number of nitrogens with one attached hydrogen (secondary N) is 1. The lowest BCUT2D eigenvalue weighted by molar-refractivity contribution is 0.584. The number of hydrogen-bond donors (Lipinski definition) is 1. The van der Waals surface area contributed by atoms with Crippen LogP contribution in [0.4, 0.5) is 20.4 Å². The largest absolute Gasteiger partial charge is 0.325 e. The Labute approximate surface area is 104 Å². The number of anilines is 2. The van der Waals surface area contributed by atoms with E-state index in [1.54, 1.807) is 6.08 Å². The van der Waals surface area contributed by atoms with E-state index in [0.717, 1.165) is 11.8 Å². The van der Waals surface area contributed by atoms with Crippen LogP contribution in [0.1, 0.15) is 5.69 Å². The molecule has 0 spiro atoms. The van der Waals surface area contributed by atoms with Crippen molar-refractivity contribution in [3.05, 3.63) is 54.4 Å². The third kappa shape index (κ3) is 2.74. The first-order valence-corrected chi connectivity index (χ1v) is 5.46. The second-order valence-corrected chi connectivity index (χ2v) is 3.93. The van der Waals surface area contributed by atoms with Gasteiger partial charge >= 0.3 is 0 Å². The molecule has 0 saturated heterocycles. The Morgan fingerprint density at radius 3 is 2.61 bits per heavy atom. The molecule has 1 aromatic heterocycles. The summed E-state index contributed by atoms with van der Waals surface area (Å²) in [6.07, 6.45) is 3.55. The molecule has 18 heavy (non-hydrogen) atoms. The summed E-state index contributed by atoms with van der Waals surface area (Å²) >= 11 is 0. The van der Waals surface area contributed by atoms with Crippen molar-refractivity contribution in [3.8, 4) is 0 Å². The van der Waals surface area contributed by atoms with Crippen LogP contribution in [0.15, 0.2) is 37.1 Å². The van der Waals surface area contributed by atoms with Gasteiger partial charge in [-0.25, -0.2) is 13.8 Å². The molecule has 1 aromatic carbocycles. The highest BCUT2D eigenvalue weighted by Gasteiger charge is 2.06. The number of nitrogens with zero attached hydrogens (tertiary/aromatic N) is 2. The van der Waals surface area contributed by atoms with Gasteiger partial charge < -0.3 is 9.88 Å². The Morgan fingerprint density at radius 2 is 2.00 bits per heavy atom. The molecule has 94 valence electrons. The van der Waals surface area contributed by atoms with Crippen LogP contribution in [0.5, 0.6) is 0 Å². The number of benzene rings is 1. The van der Waals surface area contributed by atoms with Gasteiger partial charge in [0.05, 0.1) is 5.69 Å². The number of halogens is 2. The van der Waals surface area contributed by atoms with E-state index < -0.39 is 11.6 Å². The van der Waals surface area contributed by atoms with Crippen molar-refractivity contribution in [2.45, 2.75) is 13.5 Å². The van der Waals surface area contributed by atoms with Gasteiger partial charge in [0.1, 0.15) is 11.6 Å². The van der Waals surface area contributed by atoms with Crippen LogP contribution in [0.2, 0.25) is 0 Å². The molecular formula is C13H13F2N3. The summed E-state index contributed by atoms with van der Waals surface area (Å²) in [7, 11) is 0. The van der Waals surface area contributed by atoms with Gasteiger partial charge in [-0.05, 0) is 19.1 Å². The zero-order valence-electron chi connectivity index (χ0n) is 9.95. The zero-order chi connectivity index (χ0) is 13.1. The van der Waals surface area contributed by atoms with Crippen molar-refractivity contribution in [1.29, 1.82) is 0 Å². The average molecular weight is 249 g/mol. The van der Waals surface area contributed by atoms with Crippen molar-refractivity contribution in [2.75, 3.05) is 5.32 Å². The van der Waals surface area contributed by atoms with Crippen molar-refractivity contribution < 1.29 is 8.78 Å². The molecule has 0 saturated carbocycles. The van der Waals surface area contributed by atoms with E-state index in [4.69, 9.17) is 0 Å². The zero-order valence-corrected chi connectivity index (χ0v) is 9.95. The van der Waals surface area contributed by atoms with Gasteiger partial charge in [-0.2, -0.15) is 0 Å². The van der Waals surface area contributed by atoms with Gasteiger partial charge in [0.15, 0.2) is 0 Å². The number of aryl methyl sites for hydroxylation is 1.